The molecule has 11 heteroatoms. The van der Waals surface area contributed by atoms with E-state index >= 15 is 0 Å². The zero-order valence-corrected chi connectivity index (χ0v) is 27.0. The SMILES string of the molecule is CCCN(CC(OC)OC)C(=O)CCOc1ccc(CCN2CCC3(CC2)CN(C(=O)c2csc(CC)n2)CCO3)cc1. The van der Waals surface area contributed by atoms with Gasteiger partial charge >= 0.3 is 0 Å². The molecule has 0 bridgehead atoms. The van der Waals surface area contributed by atoms with Crippen molar-refractivity contribution in [3.05, 3.63) is 45.9 Å². The van der Waals surface area contributed by atoms with Crippen LogP contribution in [0.3, 0.4) is 0 Å². The van der Waals surface area contributed by atoms with Gasteiger partial charge in [0, 0.05) is 52.3 Å². The third-order valence-electron chi connectivity index (χ3n) is 8.34. The number of rotatable bonds is 15. The third-order valence-corrected chi connectivity index (χ3v) is 9.34. The molecule has 2 aromatic rings. The second-order valence-electron chi connectivity index (χ2n) is 11.3. The van der Waals surface area contributed by atoms with Gasteiger partial charge in [0.1, 0.15) is 11.4 Å². The predicted molar refractivity (Wildman–Crippen MR) is 167 cm³/mol. The molecule has 0 saturated carbocycles. The lowest BCUT2D eigenvalue weighted by molar-refractivity contribution is -0.145. The average Bonchev–Trinajstić information content (AvgIpc) is 3.53. The number of hydrogen-bond donors (Lipinski definition) is 0. The van der Waals surface area contributed by atoms with Crippen LogP contribution in [-0.2, 0) is 31.8 Å². The van der Waals surface area contributed by atoms with Gasteiger partial charge in [0.2, 0.25) is 5.91 Å². The first-order valence-corrected chi connectivity index (χ1v) is 16.4. The summed E-state index contributed by atoms with van der Waals surface area (Å²) in [6.45, 7) is 10.2. The van der Waals surface area contributed by atoms with Gasteiger partial charge in [-0.05, 0) is 49.8 Å². The second-order valence-corrected chi connectivity index (χ2v) is 12.3. The molecule has 43 heavy (non-hydrogen) atoms. The van der Waals surface area contributed by atoms with E-state index in [1.165, 1.54) is 5.56 Å². The highest BCUT2D eigenvalue weighted by molar-refractivity contribution is 7.09. The first kappa shape index (κ1) is 33.3. The minimum absolute atomic E-state index is 0.0286. The number of morpholine rings is 1. The number of likely N-dealkylation sites (tertiary alicyclic amines) is 1. The molecule has 4 rings (SSSR count). The van der Waals surface area contributed by atoms with Crippen LogP contribution in [0.1, 0.15) is 60.6 Å². The van der Waals surface area contributed by atoms with E-state index in [9.17, 15) is 9.59 Å². The summed E-state index contributed by atoms with van der Waals surface area (Å²) < 4.78 is 22.7. The van der Waals surface area contributed by atoms with Crippen LogP contribution < -0.4 is 4.74 Å². The Balaban J connectivity index is 1.17. The number of piperidine rings is 1. The van der Waals surface area contributed by atoms with Crippen molar-refractivity contribution < 1.29 is 28.5 Å². The fourth-order valence-electron chi connectivity index (χ4n) is 5.71. The first-order valence-electron chi connectivity index (χ1n) is 15.5. The van der Waals surface area contributed by atoms with Crippen molar-refractivity contribution in [2.24, 2.45) is 0 Å². The van der Waals surface area contributed by atoms with Gasteiger partial charge in [-0.25, -0.2) is 4.98 Å². The molecule has 0 radical (unpaired) electrons. The number of amides is 2. The van der Waals surface area contributed by atoms with E-state index in [4.69, 9.17) is 18.9 Å². The quantitative estimate of drug-likeness (QED) is 0.279. The van der Waals surface area contributed by atoms with Gasteiger partial charge in [0.05, 0.1) is 43.3 Å². The van der Waals surface area contributed by atoms with Crippen molar-refractivity contribution in [3.63, 3.8) is 0 Å². The largest absolute Gasteiger partial charge is 0.493 e. The standard InChI is InChI=1S/C32H48N4O6S/c1-5-15-35(22-30(39-3)40-4)29(37)12-20-41-26-9-7-25(8-10-26)11-16-34-17-13-32(14-18-34)24-36(19-21-42-32)31(38)27-23-43-28(6-2)33-27/h7-10,23,30H,5-6,11-22,24H2,1-4H3. The number of thiazole rings is 1. The summed E-state index contributed by atoms with van der Waals surface area (Å²) in [5, 5.41) is 2.89. The summed E-state index contributed by atoms with van der Waals surface area (Å²) in [5.41, 5.74) is 1.57. The molecule has 238 valence electrons. The molecule has 1 spiro atoms. The summed E-state index contributed by atoms with van der Waals surface area (Å²) in [6.07, 6.45) is 4.39. The molecular weight excluding hydrogens is 568 g/mol. The highest BCUT2D eigenvalue weighted by Crippen LogP contribution is 2.31. The second kappa shape index (κ2) is 16.5. The van der Waals surface area contributed by atoms with Crippen molar-refractivity contribution in [2.45, 2.75) is 64.3 Å². The molecule has 2 fully saturated rings. The Morgan fingerprint density at radius 3 is 2.51 bits per heavy atom. The van der Waals surface area contributed by atoms with Gasteiger partial charge < -0.3 is 33.6 Å². The Morgan fingerprint density at radius 2 is 1.86 bits per heavy atom. The summed E-state index contributed by atoms with van der Waals surface area (Å²) >= 11 is 1.56. The van der Waals surface area contributed by atoms with Gasteiger partial charge in [0.15, 0.2) is 6.29 Å². The fraction of sp³-hybridized carbons (Fsp3) is 0.656. The summed E-state index contributed by atoms with van der Waals surface area (Å²) in [7, 11) is 3.15. The van der Waals surface area contributed by atoms with Crippen LogP contribution in [-0.4, -0.2) is 117 Å². The Hall–Kier alpha value is -2.57. The van der Waals surface area contributed by atoms with Gasteiger partial charge in [-0.1, -0.05) is 26.0 Å². The highest BCUT2D eigenvalue weighted by atomic mass is 32.1. The minimum atomic E-state index is -0.430. The lowest BCUT2D eigenvalue weighted by Crippen LogP contribution is -2.58. The number of aromatic nitrogens is 1. The van der Waals surface area contributed by atoms with Crippen LogP contribution in [0, 0.1) is 0 Å². The van der Waals surface area contributed by atoms with Crippen molar-refractivity contribution in [2.75, 3.05) is 73.2 Å². The van der Waals surface area contributed by atoms with Crippen LogP contribution in [0.15, 0.2) is 29.6 Å². The number of ether oxygens (including phenoxy) is 4. The molecule has 2 amide bonds. The van der Waals surface area contributed by atoms with Gasteiger partial charge in [-0.15, -0.1) is 11.3 Å². The van der Waals surface area contributed by atoms with Crippen LogP contribution in [0.5, 0.6) is 5.75 Å². The number of methoxy groups -OCH3 is 2. The van der Waals surface area contributed by atoms with E-state index < -0.39 is 6.29 Å². The summed E-state index contributed by atoms with van der Waals surface area (Å²) in [5.74, 6) is 0.826. The summed E-state index contributed by atoms with van der Waals surface area (Å²) in [4.78, 5) is 36.5. The smallest absolute Gasteiger partial charge is 0.273 e. The molecule has 1 aromatic heterocycles. The normalized spacial score (nSPS) is 17.0. The number of carbonyl (C=O) groups is 2. The van der Waals surface area contributed by atoms with Gasteiger partial charge in [-0.3, -0.25) is 9.59 Å². The molecule has 2 saturated heterocycles. The Bertz CT molecular complexity index is 1150. The number of aryl methyl sites for hydroxylation is 1. The van der Waals surface area contributed by atoms with E-state index in [1.54, 1.807) is 30.5 Å². The highest BCUT2D eigenvalue weighted by Gasteiger charge is 2.41. The van der Waals surface area contributed by atoms with E-state index in [1.807, 2.05) is 29.3 Å². The van der Waals surface area contributed by atoms with Gasteiger partial charge in [-0.2, -0.15) is 0 Å². The van der Waals surface area contributed by atoms with E-state index in [2.05, 4.69) is 28.9 Å². The molecule has 2 aliphatic rings. The number of nitrogens with zero attached hydrogens (tertiary/aromatic N) is 4. The Morgan fingerprint density at radius 1 is 1.12 bits per heavy atom. The topological polar surface area (TPSA) is 93.7 Å². The van der Waals surface area contributed by atoms with Crippen LogP contribution in [0.25, 0.3) is 0 Å². The third kappa shape index (κ3) is 9.46. The number of benzene rings is 1. The molecule has 0 unspecified atom stereocenters. The van der Waals surface area contributed by atoms with Crippen molar-refractivity contribution >= 4 is 23.2 Å². The Kier molecular flexibility index (Phi) is 12.8. The predicted octanol–water partition coefficient (Wildman–Crippen LogP) is 3.88. The van der Waals surface area contributed by atoms with Crippen LogP contribution >= 0.6 is 11.3 Å². The number of hydrogen-bond acceptors (Lipinski definition) is 9. The maximum absolute atomic E-state index is 13.1. The van der Waals surface area contributed by atoms with Crippen molar-refractivity contribution in [1.29, 1.82) is 0 Å². The molecule has 10 nitrogen and oxygen atoms in total. The lowest BCUT2D eigenvalue weighted by Gasteiger charge is -2.47. The molecule has 3 heterocycles. The van der Waals surface area contributed by atoms with E-state index in [-0.39, 0.29) is 17.4 Å². The average molecular weight is 617 g/mol. The minimum Gasteiger partial charge on any atom is -0.493 e. The molecule has 2 aliphatic heterocycles. The van der Waals surface area contributed by atoms with Crippen molar-refractivity contribution in [1.82, 2.24) is 19.7 Å². The molecular formula is C32H48N4O6S. The van der Waals surface area contributed by atoms with Crippen molar-refractivity contribution in [3.8, 4) is 5.75 Å². The van der Waals surface area contributed by atoms with Crippen LogP contribution in [0.2, 0.25) is 0 Å². The zero-order valence-electron chi connectivity index (χ0n) is 26.2. The maximum atomic E-state index is 13.1. The Labute approximate surface area is 260 Å². The lowest BCUT2D eigenvalue weighted by atomic mass is 9.89. The molecule has 0 N–H and O–H groups in total. The zero-order chi connectivity index (χ0) is 30.7. The monoisotopic (exact) mass is 616 g/mol. The number of carbonyl (C=O) groups excluding carboxylic acids is 2. The molecule has 0 aliphatic carbocycles. The molecule has 0 atom stereocenters. The van der Waals surface area contributed by atoms with E-state index in [0.717, 1.165) is 62.5 Å². The molecule has 1 aromatic carbocycles. The van der Waals surface area contributed by atoms with Gasteiger partial charge in [0.25, 0.3) is 5.91 Å². The fourth-order valence-corrected chi connectivity index (χ4v) is 6.42. The van der Waals surface area contributed by atoms with Crippen LogP contribution in [0.4, 0.5) is 0 Å². The first-order chi connectivity index (χ1) is 20.9. The van der Waals surface area contributed by atoms with E-state index in [0.29, 0.717) is 51.5 Å². The maximum Gasteiger partial charge on any atom is 0.273 e. The summed E-state index contributed by atoms with van der Waals surface area (Å²) in [6, 6.07) is 8.16.